The second-order valence-corrected chi connectivity index (χ2v) is 4.79. The highest BCUT2D eigenvalue weighted by molar-refractivity contribution is 7.12. The van der Waals surface area contributed by atoms with E-state index in [1.807, 2.05) is 48.7 Å². The molecule has 1 atom stereocenters. The van der Waals surface area contributed by atoms with Crippen LogP contribution in [-0.4, -0.2) is 5.91 Å². The smallest absolute Gasteiger partial charge is 0.261 e. The summed E-state index contributed by atoms with van der Waals surface area (Å²) in [6.07, 6.45) is 0. The second-order valence-electron chi connectivity index (χ2n) is 3.84. The van der Waals surface area contributed by atoms with Crippen molar-refractivity contribution in [1.29, 1.82) is 0 Å². The fraction of sp³-hybridized carbons (Fsp3) is 0.154. The molecule has 2 aromatic rings. The molecule has 1 heterocycles. The number of carbonyl (C=O) groups is 1. The maximum absolute atomic E-state index is 11.8. The first-order valence-electron chi connectivity index (χ1n) is 5.36. The van der Waals surface area contributed by atoms with Gasteiger partial charge in [0.25, 0.3) is 5.91 Å². The normalized spacial score (nSPS) is 12.1. The Morgan fingerprint density at radius 2 is 2.00 bits per heavy atom. The van der Waals surface area contributed by atoms with Crippen LogP contribution < -0.4 is 11.1 Å². The molecule has 0 spiro atoms. The Balaban J connectivity index is 2.04. The molecular formula is C13H14N2OS. The van der Waals surface area contributed by atoms with Crippen LogP contribution >= 0.6 is 11.3 Å². The number of nitrogen functional groups attached to an aromatic ring is 1. The molecule has 0 saturated carbocycles. The van der Waals surface area contributed by atoms with Crippen molar-refractivity contribution in [2.24, 2.45) is 0 Å². The number of nitrogens with two attached hydrogens (primary N) is 1. The van der Waals surface area contributed by atoms with Gasteiger partial charge < -0.3 is 11.1 Å². The Labute approximate surface area is 104 Å². The minimum absolute atomic E-state index is 0.0230. The van der Waals surface area contributed by atoms with E-state index in [1.54, 1.807) is 0 Å². The van der Waals surface area contributed by atoms with Gasteiger partial charge in [-0.1, -0.05) is 18.2 Å². The van der Waals surface area contributed by atoms with Gasteiger partial charge in [0.15, 0.2) is 0 Å². The van der Waals surface area contributed by atoms with Crippen molar-refractivity contribution in [2.45, 2.75) is 13.0 Å². The minimum Gasteiger partial charge on any atom is -0.399 e. The first-order chi connectivity index (χ1) is 8.16. The Bertz CT molecular complexity index is 491. The van der Waals surface area contributed by atoms with Gasteiger partial charge in [-0.2, -0.15) is 0 Å². The molecule has 1 aromatic carbocycles. The summed E-state index contributed by atoms with van der Waals surface area (Å²) in [4.78, 5) is 12.6. The fourth-order valence-electron chi connectivity index (χ4n) is 1.54. The minimum atomic E-state index is -0.0377. The molecule has 1 amide bonds. The van der Waals surface area contributed by atoms with Crippen molar-refractivity contribution in [3.8, 4) is 0 Å². The summed E-state index contributed by atoms with van der Waals surface area (Å²) in [6.45, 7) is 1.96. The molecule has 1 unspecified atom stereocenters. The van der Waals surface area contributed by atoms with Gasteiger partial charge >= 0.3 is 0 Å². The summed E-state index contributed by atoms with van der Waals surface area (Å²) in [5, 5.41) is 4.84. The topological polar surface area (TPSA) is 55.1 Å². The second kappa shape index (κ2) is 5.01. The van der Waals surface area contributed by atoms with Gasteiger partial charge in [0.1, 0.15) is 0 Å². The largest absolute Gasteiger partial charge is 0.399 e. The molecule has 4 heteroatoms. The van der Waals surface area contributed by atoms with Gasteiger partial charge in [0, 0.05) is 5.69 Å². The third-order valence-corrected chi connectivity index (χ3v) is 3.40. The van der Waals surface area contributed by atoms with Crippen LogP contribution in [0.1, 0.15) is 28.2 Å². The summed E-state index contributed by atoms with van der Waals surface area (Å²) in [5.41, 5.74) is 7.39. The number of benzene rings is 1. The molecule has 88 valence electrons. The van der Waals surface area contributed by atoms with Crippen LogP contribution in [-0.2, 0) is 0 Å². The highest BCUT2D eigenvalue weighted by atomic mass is 32.1. The SMILES string of the molecule is CC(NC(=O)c1cccs1)c1ccc(N)cc1. The van der Waals surface area contributed by atoms with Crippen molar-refractivity contribution in [1.82, 2.24) is 5.32 Å². The number of hydrogen-bond donors (Lipinski definition) is 2. The predicted molar refractivity (Wildman–Crippen MR) is 71.1 cm³/mol. The van der Waals surface area contributed by atoms with Crippen LogP contribution in [0.4, 0.5) is 5.69 Å². The molecule has 3 nitrogen and oxygen atoms in total. The molecular weight excluding hydrogens is 232 g/mol. The highest BCUT2D eigenvalue weighted by Gasteiger charge is 2.11. The van der Waals surface area contributed by atoms with E-state index in [4.69, 9.17) is 5.73 Å². The van der Waals surface area contributed by atoms with Crippen molar-refractivity contribution >= 4 is 22.9 Å². The molecule has 0 aliphatic heterocycles. The van der Waals surface area contributed by atoms with Gasteiger partial charge in [-0.25, -0.2) is 0 Å². The molecule has 2 rings (SSSR count). The van der Waals surface area contributed by atoms with Gasteiger partial charge in [-0.3, -0.25) is 4.79 Å². The number of amides is 1. The number of nitrogens with one attached hydrogen (secondary N) is 1. The molecule has 0 bridgehead atoms. The van der Waals surface area contributed by atoms with Gasteiger partial charge in [0.2, 0.25) is 0 Å². The van der Waals surface area contributed by atoms with Crippen molar-refractivity contribution in [3.05, 3.63) is 52.2 Å². The summed E-state index contributed by atoms with van der Waals surface area (Å²) in [7, 11) is 0. The molecule has 0 radical (unpaired) electrons. The van der Waals surface area contributed by atoms with Gasteiger partial charge in [-0.15, -0.1) is 11.3 Å². The van der Waals surface area contributed by atoms with E-state index in [-0.39, 0.29) is 11.9 Å². The molecule has 3 N–H and O–H groups in total. The van der Waals surface area contributed by atoms with Crippen LogP contribution in [0.15, 0.2) is 41.8 Å². The highest BCUT2D eigenvalue weighted by Crippen LogP contribution is 2.16. The van der Waals surface area contributed by atoms with E-state index in [2.05, 4.69) is 5.32 Å². The van der Waals surface area contributed by atoms with Crippen LogP contribution in [0.5, 0.6) is 0 Å². The molecule has 0 aliphatic rings. The zero-order chi connectivity index (χ0) is 12.3. The number of rotatable bonds is 3. The Kier molecular flexibility index (Phi) is 3.44. The first kappa shape index (κ1) is 11.7. The van der Waals surface area contributed by atoms with Crippen LogP contribution in [0.3, 0.4) is 0 Å². The Hall–Kier alpha value is -1.81. The number of hydrogen-bond acceptors (Lipinski definition) is 3. The average Bonchev–Trinajstić information content (AvgIpc) is 2.83. The van der Waals surface area contributed by atoms with Crippen molar-refractivity contribution in [2.75, 3.05) is 5.73 Å². The van der Waals surface area contributed by atoms with Crippen molar-refractivity contribution < 1.29 is 4.79 Å². The van der Waals surface area contributed by atoms with Gasteiger partial charge in [-0.05, 0) is 36.1 Å². The Morgan fingerprint density at radius 1 is 1.29 bits per heavy atom. The molecule has 17 heavy (non-hydrogen) atoms. The van der Waals surface area contributed by atoms with E-state index >= 15 is 0 Å². The standard InChI is InChI=1S/C13H14N2OS/c1-9(10-4-6-11(14)7-5-10)15-13(16)12-3-2-8-17-12/h2-9H,14H2,1H3,(H,15,16). The third kappa shape index (κ3) is 2.85. The van der Waals surface area contributed by atoms with E-state index in [9.17, 15) is 4.79 Å². The van der Waals surface area contributed by atoms with Crippen LogP contribution in [0.2, 0.25) is 0 Å². The third-order valence-electron chi connectivity index (χ3n) is 2.53. The lowest BCUT2D eigenvalue weighted by Crippen LogP contribution is -2.25. The number of thiophene rings is 1. The number of anilines is 1. The quantitative estimate of drug-likeness (QED) is 0.818. The van der Waals surface area contributed by atoms with Gasteiger partial charge in [0.05, 0.1) is 10.9 Å². The van der Waals surface area contributed by atoms with Crippen LogP contribution in [0.25, 0.3) is 0 Å². The zero-order valence-electron chi connectivity index (χ0n) is 9.51. The van der Waals surface area contributed by atoms with Crippen molar-refractivity contribution in [3.63, 3.8) is 0 Å². The van der Waals surface area contributed by atoms with E-state index in [0.717, 1.165) is 16.1 Å². The molecule has 1 aromatic heterocycles. The average molecular weight is 246 g/mol. The summed E-state index contributed by atoms with van der Waals surface area (Å²) in [5.74, 6) is -0.0377. The number of carbonyl (C=O) groups excluding carboxylic acids is 1. The van der Waals surface area contributed by atoms with E-state index in [1.165, 1.54) is 11.3 Å². The maximum Gasteiger partial charge on any atom is 0.261 e. The van der Waals surface area contributed by atoms with E-state index < -0.39 is 0 Å². The Morgan fingerprint density at radius 3 is 2.59 bits per heavy atom. The molecule has 0 saturated heterocycles. The maximum atomic E-state index is 11.8. The zero-order valence-corrected chi connectivity index (χ0v) is 10.3. The van der Waals surface area contributed by atoms with E-state index in [0.29, 0.717) is 0 Å². The summed E-state index contributed by atoms with van der Waals surface area (Å²) in [6, 6.07) is 11.2. The lowest BCUT2D eigenvalue weighted by Gasteiger charge is -2.13. The monoisotopic (exact) mass is 246 g/mol. The summed E-state index contributed by atoms with van der Waals surface area (Å²) < 4.78 is 0. The fourth-order valence-corrected chi connectivity index (χ4v) is 2.17. The molecule has 0 fully saturated rings. The lowest BCUT2D eigenvalue weighted by atomic mass is 10.1. The lowest BCUT2D eigenvalue weighted by molar-refractivity contribution is 0.0944. The summed E-state index contributed by atoms with van der Waals surface area (Å²) >= 11 is 1.44. The first-order valence-corrected chi connectivity index (χ1v) is 6.24. The molecule has 0 aliphatic carbocycles. The van der Waals surface area contributed by atoms with Crippen LogP contribution in [0, 0.1) is 0 Å². The predicted octanol–water partition coefficient (Wildman–Crippen LogP) is 2.82.